The van der Waals surface area contributed by atoms with Crippen molar-refractivity contribution in [1.29, 1.82) is 0 Å². The summed E-state index contributed by atoms with van der Waals surface area (Å²) >= 11 is 6.21. The summed E-state index contributed by atoms with van der Waals surface area (Å²) in [6.07, 6.45) is 2.64. The lowest BCUT2D eigenvalue weighted by atomic mass is 10.1. The monoisotopic (exact) mass is 449 g/mol. The second-order valence-corrected chi connectivity index (χ2v) is 8.04. The highest BCUT2D eigenvalue weighted by Gasteiger charge is 2.22. The van der Waals surface area contributed by atoms with Gasteiger partial charge in [-0.15, -0.1) is 0 Å². The zero-order valence-electron chi connectivity index (χ0n) is 17.6. The lowest BCUT2D eigenvalue weighted by Gasteiger charge is -2.23. The highest BCUT2D eigenvalue weighted by Crippen LogP contribution is 2.20. The number of ketones is 1. The highest BCUT2D eigenvalue weighted by molar-refractivity contribution is 6.31. The fourth-order valence-corrected chi connectivity index (χ4v) is 3.99. The molecule has 0 saturated carbocycles. The van der Waals surface area contributed by atoms with E-state index in [9.17, 15) is 9.59 Å². The van der Waals surface area contributed by atoms with E-state index in [1.807, 2.05) is 35.2 Å². The summed E-state index contributed by atoms with van der Waals surface area (Å²) in [4.78, 5) is 38.2. The van der Waals surface area contributed by atoms with Crippen LogP contribution in [0.25, 0.3) is 0 Å². The first-order valence-electron chi connectivity index (χ1n) is 10.5. The lowest BCUT2D eigenvalue weighted by Crippen LogP contribution is -2.36. The molecule has 0 aliphatic carbocycles. The van der Waals surface area contributed by atoms with Crippen molar-refractivity contribution in [2.45, 2.75) is 12.8 Å². The van der Waals surface area contributed by atoms with Crippen molar-refractivity contribution in [3.8, 4) is 0 Å². The van der Waals surface area contributed by atoms with Gasteiger partial charge in [-0.05, 0) is 42.3 Å². The van der Waals surface area contributed by atoms with E-state index in [1.54, 1.807) is 30.5 Å². The molecular weight excluding hydrogens is 426 g/mol. The molecule has 2 aromatic heterocycles. The quantitative estimate of drug-likeness (QED) is 0.601. The Morgan fingerprint density at radius 2 is 1.81 bits per heavy atom. The third-order valence-electron chi connectivity index (χ3n) is 5.52. The predicted octanol–water partition coefficient (Wildman–Crippen LogP) is 3.22. The van der Waals surface area contributed by atoms with Crippen molar-refractivity contribution in [2.75, 3.05) is 36.8 Å². The summed E-state index contributed by atoms with van der Waals surface area (Å²) in [6, 6.07) is 16.1. The van der Waals surface area contributed by atoms with Crippen molar-refractivity contribution in [3.05, 3.63) is 82.6 Å². The van der Waals surface area contributed by atoms with Gasteiger partial charge in [0.15, 0.2) is 0 Å². The van der Waals surface area contributed by atoms with E-state index in [0.717, 1.165) is 18.5 Å². The summed E-state index contributed by atoms with van der Waals surface area (Å²) in [5, 5.41) is 0.609. The number of halogens is 1. The highest BCUT2D eigenvalue weighted by atomic mass is 35.5. The van der Waals surface area contributed by atoms with Crippen molar-refractivity contribution in [1.82, 2.24) is 14.9 Å². The number of aromatic nitrogens is 2. The molecule has 1 saturated heterocycles. The number of nitrogens with zero attached hydrogens (tertiary/aromatic N) is 4. The van der Waals surface area contributed by atoms with Gasteiger partial charge < -0.3 is 15.5 Å². The van der Waals surface area contributed by atoms with E-state index in [1.165, 1.54) is 0 Å². The molecule has 0 spiro atoms. The third-order valence-corrected chi connectivity index (χ3v) is 5.89. The predicted molar refractivity (Wildman–Crippen MR) is 125 cm³/mol. The average molecular weight is 450 g/mol. The molecule has 4 rings (SSSR count). The summed E-state index contributed by atoms with van der Waals surface area (Å²) < 4.78 is 0. The smallest absolute Gasteiger partial charge is 0.227 e. The first kappa shape index (κ1) is 21.8. The summed E-state index contributed by atoms with van der Waals surface area (Å²) in [5.41, 5.74) is 7.34. The van der Waals surface area contributed by atoms with Gasteiger partial charge in [-0.25, -0.2) is 9.97 Å². The molecule has 1 aliphatic rings. The van der Waals surface area contributed by atoms with E-state index in [2.05, 4.69) is 14.9 Å². The second-order valence-electron chi connectivity index (χ2n) is 7.64. The Balaban J connectivity index is 1.44. The molecule has 3 heterocycles. The fourth-order valence-electron chi connectivity index (χ4n) is 3.79. The van der Waals surface area contributed by atoms with Crippen molar-refractivity contribution >= 4 is 34.9 Å². The molecule has 7 nitrogen and oxygen atoms in total. The van der Waals surface area contributed by atoms with Crippen LogP contribution in [0.2, 0.25) is 5.02 Å². The van der Waals surface area contributed by atoms with Crippen LogP contribution < -0.4 is 10.6 Å². The van der Waals surface area contributed by atoms with Gasteiger partial charge >= 0.3 is 0 Å². The minimum Gasteiger partial charge on any atom is -0.383 e. The Morgan fingerprint density at radius 3 is 2.62 bits per heavy atom. The molecule has 0 atom stereocenters. The minimum atomic E-state index is -0.260. The minimum absolute atomic E-state index is 0.0592. The first-order valence-corrected chi connectivity index (χ1v) is 10.9. The molecule has 164 valence electrons. The van der Waals surface area contributed by atoms with Crippen LogP contribution in [0.1, 0.15) is 28.0 Å². The molecule has 0 radical (unpaired) electrons. The third kappa shape index (κ3) is 4.89. The second kappa shape index (κ2) is 9.78. The first-order chi connectivity index (χ1) is 15.5. The average Bonchev–Trinajstić information content (AvgIpc) is 3.07. The topological polar surface area (TPSA) is 92.4 Å². The zero-order valence-corrected chi connectivity index (χ0v) is 18.3. The number of hydrogen-bond donors (Lipinski definition) is 1. The molecule has 0 bridgehead atoms. The number of nitrogens with two attached hydrogens (primary N) is 1. The van der Waals surface area contributed by atoms with Crippen LogP contribution in [0.15, 0.2) is 60.8 Å². The maximum atomic E-state index is 12.8. The Bertz CT molecular complexity index is 1140. The molecule has 32 heavy (non-hydrogen) atoms. The maximum Gasteiger partial charge on any atom is 0.227 e. The van der Waals surface area contributed by atoms with E-state index < -0.39 is 0 Å². The van der Waals surface area contributed by atoms with Crippen LogP contribution in [0.5, 0.6) is 0 Å². The van der Waals surface area contributed by atoms with Gasteiger partial charge in [0.1, 0.15) is 17.3 Å². The van der Waals surface area contributed by atoms with Crippen LogP contribution in [-0.4, -0.2) is 52.7 Å². The molecule has 1 fully saturated rings. The van der Waals surface area contributed by atoms with E-state index in [-0.39, 0.29) is 23.9 Å². The van der Waals surface area contributed by atoms with Crippen LogP contribution in [0.4, 0.5) is 11.6 Å². The number of benzene rings is 1. The number of amides is 1. The SMILES string of the molecule is Nc1ncccc1C(=O)c1cccc(N2CCCN(C(=O)Cc3ccccc3Cl)CC2)n1. The van der Waals surface area contributed by atoms with E-state index in [0.29, 0.717) is 41.7 Å². The van der Waals surface area contributed by atoms with Gasteiger partial charge in [0, 0.05) is 37.4 Å². The molecule has 8 heteroatoms. The molecule has 1 aromatic carbocycles. The number of pyridine rings is 2. The summed E-state index contributed by atoms with van der Waals surface area (Å²) in [6.45, 7) is 2.63. The molecule has 1 aliphatic heterocycles. The van der Waals surface area contributed by atoms with Crippen LogP contribution in [-0.2, 0) is 11.2 Å². The molecule has 2 N–H and O–H groups in total. The Kier molecular flexibility index (Phi) is 6.66. The van der Waals surface area contributed by atoms with Gasteiger partial charge in [-0.2, -0.15) is 0 Å². The van der Waals surface area contributed by atoms with Crippen molar-refractivity contribution in [3.63, 3.8) is 0 Å². The standard InChI is InChI=1S/C24H24ClN5O2/c25-19-8-2-1-6-17(19)16-22(31)30-13-5-12-29(14-15-30)21-10-3-9-20(28-21)23(32)18-7-4-11-27-24(18)26/h1-4,6-11H,5,12-16H2,(H2,26,27). The molecule has 3 aromatic rings. The maximum absolute atomic E-state index is 12.8. The van der Waals surface area contributed by atoms with Gasteiger partial charge in [0.25, 0.3) is 0 Å². The molecular formula is C24H24ClN5O2. The number of carbonyl (C=O) groups is 2. The number of rotatable bonds is 5. The van der Waals surface area contributed by atoms with E-state index >= 15 is 0 Å². The summed E-state index contributed by atoms with van der Waals surface area (Å²) in [7, 11) is 0. The zero-order chi connectivity index (χ0) is 22.5. The number of anilines is 2. The van der Waals surface area contributed by atoms with Crippen LogP contribution in [0, 0.1) is 0 Å². The number of carbonyl (C=O) groups excluding carboxylic acids is 2. The van der Waals surface area contributed by atoms with Crippen LogP contribution >= 0.6 is 11.6 Å². The largest absolute Gasteiger partial charge is 0.383 e. The molecule has 1 amide bonds. The van der Waals surface area contributed by atoms with Gasteiger partial charge in [-0.1, -0.05) is 35.9 Å². The lowest BCUT2D eigenvalue weighted by molar-refractivity contribution is -0.130. The van der Waals surface area contributed by atoms with Gasteiger partial charge in [0.05, 0.1) is 12.0 Å². The number of nitrogen functional groups attached to an aromatic ring is 1. The fraction of sp³-hybridized carbons (Fsp3) is 0.250. The van der Waals surface area contributed by atoms with Gasteiger partial charge in [0.2, 0.25) is 11.7 Å². The summed E-state index contributed by atoms with van der Waals surface area (Å²) in [5.74, 6) is 0.693. The normalized spacial score (nSPS) is 14.2. The molecule has 0 unspecified atom stereocenters. The van der Waals surface area contributed by atoms with Crippen LogP contribution in [0.3, 0.4) is 0 Å². The Hall–Kier alpha value is -3.45. The van der Waals surface area contributed by atoms with Crippen molar-refractivity contribution < 1.29 is 9.59 Å². The van der Waals surface area contributed by atoms with E-state index in [4.69, 9.17) is 17.3 Å². The Labute approximate surface area is 191 Å². The van der Waals surface area contributed by atoms with Crippen molar-refractivity contribution in [2.24, 2.45) is 0 Å². The van der Waals surface area contributed by atoms with Gasteiger partial charge in [-0.3, -0.25) is 9.59 Å². The number of hydrogen-bond acceptors (Lipinski definition) is 6. The Morgan fingerprint density at radius 1 is 0.969 bits per heavy atom.